The molecule has 0 amide bonds. The monoisotopic (exact) mass is 249 g/mol. The minimum absolute atomic E-state index is 0.0825. The summed E-state index contributed by atoms with van der Waals surface area (Å²) >= 11 is 0. The van der Waals surface area contributed by atoms with Crippen molar-refractivity contribution < 1.29 is 18.3 Å². The molecule has 5 nitrogen and oxygen atoms in total. The molecular weight excluding hydrogens is 230 g/mol. The Labute approximate surface area is 96.5 Å². The van der Waals surface area contributed by atoms with E-state index in [4.69, 9.17) is 5.11 Å². The third kappa shape index (κ3) is 2.38. The number of carboxylic acid groups (broad SMARTS) is 1. The molecule has 1 N–H and O–H groups in total. The molecule has 0 aromatic carbocycles. The summed E-state index contributed by atoms with van der Waals surface area (Å²) in [6.45, 7) is 4.11. The fourth-order valence-corrected chi connectivity index (χ4v) is 3.20. The number of hydrogen-bond donors (Lipinski definition) is 1. The molecule has 1 heterocycles. The van der Waals surface area contributed by atoms with E-state index in [0.717, 1.165) is 0 Å². The SMILES string of the molecule is CCC1(C(=O)O)CCN(S(=O)(=O)CC)CC1. The number of carboxylic acids is 1. The van der Waals surface area contributed by atoms with Gasteiger partial charge in [0.2, 0.25) is 10.0 Å². The summed E-state index contributed by atoms with van der Waals surface area (Å²) in [6, 6.07) is 0. The van der Waals surface area contributed by atoms with Crippen LogP contribution >= 0.6 is 0 Å². The summed E-state index contributed by atoms with van der Waals surface area (Å²) in [7, 11) is -3.16. The van der Waals surface area contributed by atoms with Crippen molar-refractivity contribution in [3.8, 4) is 0 Å². The van der Waals surface area contributed by atoms with Crippen molar-refractivity contribution in [3.63, 3.8) is 0 Å². The van der Waals surface area contributed by atoms with E-state index in [1.807, 2.05) is 6.92 Å². The van der Waals surface area contributed by atoms with Crippen LogP contribution in [0, 0.1) is 5.41 Å². The first-order valence-electron chi connectivity index (χ1n) is 5.59. The molecule has 0 unspecified atom stereocenters. The highest BCUT2D eigenvalue weighted by atomic mass is 32.2. The predicted octanol–water partition coefficient (Wildman–Crippen LogP) is 0.913. The van der Waals surface area contributed by atoms with Gasteiger partial charge in [-0.2, -0.15) is 0 Å². The zero-order valence-corrected chi connectivity index (χ0v) is 10.6. The third-order valence-electron chi connectivity index (χ3n) is 3.57. The second kappa shape index (κ2) is 4.71. The van der Waals surface area contributed by atoms with Crippen LogP contribution in [-0.4, -0.2) is 42.6 Å². The Morgan fingerprint density at radius 1 is 1.31 bits per heavy atom. The largest absolute Gasteiger partial charge is 0.481 e. The maximum absolute atomic E-state index is 11.6. The molecule has 16 heavy (non-hydrogen) atoms. The fraction of sp³-hybridized carbons (Fsp3) is 0.900. The van der Waals surface area contributed by atoms with E-state index in [9.17, 15) is 13.2 Å². The predicted molar refractivity (Wildman–Crippen MR) is 60.6 cm³/mol. The van der Waals surface area contributed by atoms with Crippen LogP contribution in [0.2, 0.25) is 0 Å². The lowest BCUT2D eigenvalue weighted by atomic mass is 9.77. The summed E-state index contributed by atoms with van der Waals surface area (Å²) in [6.07, 6.45) is 1.39. The van der Waals surface area contributed by atoms with Crippen molar-refractivity contribution in [3.05, 3.63) is 0 Å². The van der Waals surface area contributed by atoms with Gasteiger partial charge in [0.05, 0.1) is 11.2 Å². The van der Waals surface area contributed by atoms with E-state index < -0.39 is 21.4 Å². The highest BCUT2D eigenvalue weighted by molar-refractivity contribution is 7.89. The Balaban J connectivity index is 2.74. The first-order valence-corrected chi connectivity index (χ1v) is 7.20. The van der Waals surface area contributed by atoms with Crippen LogP contribution in [0.1, 0.15) is 33.1 Å². The maximum Gasteiger partial charge on any atom is 0.309 e. The van der Waals surface area contributed by atoms with E-state index in [2.05, 4.69) is 0 Å². The van der Waals surface area contributed by atoms with Crippen molar-refractivity contribution in [2.24, 2.45) is 5.41 Å². The van der Waals surface area contributed by atoms with E-state index in [0.29, 0.717) is 32.4 Å². The van der Waals surface area contributed by atoms with Crippen molar-refractivity contribution in [1.29, 1.82) is 0 Å². The fourth-order valence-electron chi connectivity index (χ4n) is 2.09. The molecule has 1 fully saturated rings. The van der Waals surface area contributed by atoms with Gasteiger partial charge in [-0.05, 0) is 26.2 Å². The van der Waals surface area contributed by atoms with Gasteiger partial charge in [0.25, 0.3) is 0 Å². The Hall–Kier alpha value is -0.620. The molecule has 0 radical (unpaired) electrons. The molecule has 1 aliphatic rings. The lowest BCUT2D eigenvalue weighted by molar-refractivity contribution is -0.151. The quantitative estimate of drug-likeness (QED) is 0.803. The van der Waals surface area contributed by atoms with Gasteiger partial charge in [-0.25, -0.2) is 12.7 Å². The molecule has 0 aromatic rings. The number of aliphatic carboxylic acids is 1. The van der Waals surface area contributed by atoms with Crippen molar-refractivity contribution in [2.45, 2.75) is 33.1 Å². The zero-order valence-electron chi connectivity index (χ0n) is 9.77. The average molecular weight is 249 g/mol. The van der Waals surface area contributed by atoms with Gasteiger partial charge in [-0.3, -0.25) is 4.79 Å². The van der Waals surface area contributed by atoms with Gasteiger partial charge in [0.1, 0.15) is 0 Å². The lowest BCUT2D eigenvalue weighted by Gasteiger charge is -2.37. The number of sulfonamides is 1. The number of hydrogen-bond acceptors (Lipinski definition) is 3. The first kappa shape index (κ1) is 13.4. The molecule has 0 aliphatic carbocycles. The van der Waals surface area contributed by atoms with Crippen molar-refractivity contribution in [2.75, 3.05) is 18.8 Å². The van der Waals surface area contributed by atoms with Crippen LogP contribution in [0.25, 0.3) is 0 Å². The summed E-state index contributed by atoms with van der Waals surface area (Å²) in [4.78, 5) is 11.2. The molecule has 1 saturated heterocycles. The van der Waals surface area contributed by atoms with Crippen LogP contribution < -0.4 is 0 Å². The van der Waals surface area contributed by atoms with Crippen LogP contribution in [0.15, 0.2) is 0 Å². The number of carbonyl (C=O) groups is 1. The second-order valence-electron chi connectivity index (χ2n) is 4.24. The zero-order chi connectivity index (χ0) is 12.4. The Kier molecular flexibility index (Phi) is 3.96. The van der Waals surface area contributed by atoms with Gasteiger partial charge in [-0.15, -0.1) is 0 Å². The molecule has 0 bridgehead atoms. The van der Waals surface area contributed by atoms with E-state index in [-0.39, 0.29) is 5.75 Å². The van der Waals surface area contributed by atoms with Crippen LogP contribution in [0.5, 0.6) is 0 Å². The number of rotatable bonds is 4. The topological polar surface area (TPSA) is 74.7 Å². The Morgan fingerprint density at radius 2 is 1.81 bits per heavy atom. The molecule has 1 rings (SSSR count). The van der Waals surface area contributed by atoms with Gasteiger partial charge >= 0.3 is 5.97 Å². The molecule has 0 aromatic heterocycles. The van der Waals surface area contributed by atoms with Crippen molar-refractivity contribution in [1.82, 2.24) is 4.31 Å². The van der Waals surface area contributed by atoms with Gasteiger partial charge in [0.15, 0.2) is 0 Å². The highest BCUT2D eigenvalue weighted by Crippen LogP contribution is 2.35. The standard InChI is InChI=1S/C10H19NO4S/c1-3-10(9(12)13)5-7-11(8-6-10)16(14,15)4-2/h3-8H2,1-2H3,(H,12,13). The summed E-state index contributed by atoms with van der Waals surface area (Å²) in [5, 5.41) is 9.17. The van der Waals surface area contributed by atoms with Gasteiger partial charge in [-0.1, -0.05) is 6.92 Å². The van der Waals surface area contributed by atoms with Crippen LogP contribution in [0.3, 0.4) is 0 Å². The summed E-state index contributed by atoms with van der Waals surface area (Å²) in [5.74, 6) is -0.720. The highest BCUT2D eigenvalue weighted by Gasteiger charge is 2.41. The Morgan fingerprint density at radius 3 is 2.12 bits per heavy atom. The maximum atomic E-state index is 11.6. The lowest BCUT2D eigenvalue weighted by Crippen LogP contribution is -2.46. The number of piperidine rings is 1. The molecule has 6 heteroatoms. The minimum atomic E-state index is -3.16. The molecule has 0 spiro atoms. The van der Waals surface area contributed by atoms with E-state index in [1.54, 1.807) is 6.92 Å². The molecular formula is C10H19NO4S. The Bertz CT molecular complexity index is 355. The average Bonchev–Trinajstić information content (AvgIpc) is 2.28. The second-order valence-corrected chi connectivity index (χ2v) is 6.50. The molecule has 1 aliphatic heterocycles. The van der Waals surface area contributed by atoms with Gasteiger partial charge < -0.3 is 5.11 Å². The third-order valence-corrected chi connectivity index (χ3v) is 5.45. The molecule has 0 saturated carbocycles. The summed E-state index contributed by atoms with van der Waals surface area (Å²) < 4.78 is 24.6. The smallest absolute Gasteiger partial charge is 0.309 e. The van der Waals surface area contributed by atoms with Crippen LogP contribution in [-0.2, 0) is 14.8 Å². The van der Waals surface area contributed by atoms with Gasteiger partial charge in [0, 0.05) is 13.1 Å². The molecule has 0 atom stereocenters. The van der Waals surface area contributed by atoms with E-state index in [1.165, 1.54) is 4.31 Å². The number of nitrogens with zero attached hydrogens (tertiary/aromatic N) is 1. The normalized spacial score (nSPS) is 21.9. The summed E-state index contributed by atoms with van der Waals surface area (Å²) in [5.41, 5.74) is -0.722. The van der Waals surface area contributed by atoms with Crippen LogP contribution in [0.4, 0.5) is 0 Å². The molecule has 94 valence electrons. The van der Waals surface area contributed by atoms with E-state index >= 15 is 0 Å². The van der Waals surface area contributed by atoms with Crippen molar-refractivity contribution >= 4 is 16.0 Å². The first-order chi connectivity index (χ1) is 7.38. The minimum Gasteiger partial charge on any atom is -0.481 e.